The molecule has 1 fully saturated rings. The third kappa shape index (κ3) is 6.71. The maximum absolute atomic E-state index is 12.8. The van der Waals surface area contributed by atoms with Crippen LogP contribution in [0.25, 0.3) is 0 Å². The number of hydrogen-bond acceptors (Lipinski definition) is 5. The van der Waals surface area contributed by atoms with Gasteiger partial charge in [-0.3, -0.25) is 14.5 Å². The Morgan fingerprint density at radius 3 is 2.44 bits per heavy atom. The molecule has 2 amide bonds. The van der Waals surface area contributed by atoms with E-state index in [-0.39, 0.29) is 18.1 Å². The summed E-state index contributed by atoms with van der Waals surface area (Å²) in [5.41, 5.74) is -3.04. The van der Waals surface area contributed by atoms with Gasteiger partial charge in [0.05, 0.1) is 5.69 Å². The quantitative estimate of drug-likeness (QED) is 0.463. The van der Waals surface area contributed by atoms with Crippen LogP contribution in [0.15, 0.2) is 47.5 Å². The lowest BCUT2D eigenvalue weighted by molar-refractivity contribution is -0.129. The number of rotatable bonds is 6. The molecule has 0 spiro atoms. The zero-order valence-corrected chi connectivity index (χ0v) is 19.5. The lowest BCUT2D eigenvalue weighted by atomic mass is 10.2. The number of anilines is 1. The van der Waals surface area contributed by atoms with E-state index >= 15 is 0 Å². The Morgan fingerprint density at radius 1 is 1.25 bits per heavy atom. The fourth-order valence-corrected chi connectivity index (χ4v) is 4.61. The summed E-state index contributed by atoms with van der Waals surface area (Å²) < 4.78 is 29.8. The summed E-state index contributed by atoms with van der Waals surface area (Å²) >= 11 is 17.8. The number of carbonyl (C=O) groups excluding carboxylic acids is 2. The van der Waals surface area contributed by atoms with Crippen LogP contribution in [-0.4, -0.2) is 39.2 Å². The van der Waals surface area contributed by atoms with E-state index in [1.165, 1.54) is 35.2 Å². The number of amidine groups is 1. The minimum Gasteiger partial charge on any atom is -0.420 e. The number of ether oxygens (including phenoxy) is 1. The summed E-state index contributed by atoms with van der Waals surface area (Å²) in [6, 6.07) is 10.0. The van der Waals surface area contributed by atoms with Crippen molar-refractivity contribution >= 4 is 74.9 Å². The second-order valence-electron chi connectivity index (χ2n) is 6.53. The van der Waals surface area contributed by atoms with Gasteiger partial charge in [0, 0.05) is 40.3 Å². The molecule has 3 rings (SSSR count). The zero-order chi connectivity index (χ0) is 23.5. The second-order valence-corrected chi connectivity index (χ2v) is 9.01. The molecule has 2 aromatic rings. The number of aliphatic imine (C=N–C) groups is 1. The predicted molar refractivity (Wildman–Crippen MR) is 123 cm³/mol. The van der Waals surface area contributed by atoms with Crippen LogP contribution < -0.4 is 10.1 Å². The van der Waals surface area contributed by atoms with Gasteiger partial charge in [-0.25, -0.2) is 4.99 Å². The summed E-state index contributed by atoms with van der Waals surface area (Å²) in [5.74, 6) is -0.819. The van der Waals surface area contributed by atoms with Crippen molar-refractivity contribution in [3.63, 3.8) is 0 Å². The summed E-state index contributed by atoms with van der Waals surface area (Å²) in [5, 5.41) is 3.00. The van der Waals surface area contributed by atoms with Crippen LogP contribution in [0.1, 0.15) is 13.3 Å². The van der Waals surface area contributed by atoms with Crippen molar-refractivity contribution in [3.8, 4) is 5.75 Å². The molecule has 0 radical (unpaired) electrons. The van der Waals surface area contributed by atoms with Crippen molar-refractivity contribution in [2.45, 2.75) is 24.2 Å². The van der Waals surface area contributed by atoms with E-state index in [1.54, 1.807) is 19.1 Å². The van der Waals surface area contributed by atoms with E-state index in [0.29, 0.717) is 33.1 Å². The number of nitrogens with zero attached hydrogens (tertiary/aromatic N) is 2. The first-order valence-corrected chi connectivity index (χ1v) is 11.2. The highest BCUT2D eigenvalue weighted by molar-refractivity contribution is 8.15. The molecule has 2 aromatic carbocycles. The zero-order valence-electron chi connectivity index (χ0n) is 16.5. The van der Waals surface area contributed by atoms with E-state index in [4.69, 9.17) is 34.8 Å². The van der Waals surface area contributed by atoms with Gasteiger partial charge in [-0.05, 0) is 49.4 Å². The molecule has 0 aliphatic carbocycles. The molecule has 170 valence electrons. The minimum absolute atomic E-state index is 0.0186. The average Bonchev–Trinajstić information content (AvgIpc) is 2.67. The summed E-state index contributed by atoms with van der Waals surface area (Å²) in [6.45, 7) is 2.13. The Morgan fingerprint density at radius 2 is 1.88 bits per heavy atom. The molecular formula is C20H16Cl3F2N3O3S. The van der Waals surface area contributed by atoms with Crippen LogP contribution in [0.5, 0.6) is 5.75 Å². The smallest absolute Gasteiger partial charge is 0.420 e. The monoisotopic (exact) mass is 521 g/mol. The molecular weight excluding hydrogens is 507 g/mol. The molecule has 0 unspecified atom stereocenters. The average molecular weight is 523 g/mol. The largest absolute Gasteiger partial charge is 0.487 e. The van der Waals surface area contributed by atoms with Gasteiger partial charge in [0.25, 0.3) is 0 Å². The summed E-state index contributed by atoms with van der Waals surface area (Å²) in [4.78, 5) is 31.2. The number of alkyl halides is 3. The normalized spacial score (nSPS) is 18.1. The molecule has 1 saturated heterocycles. The highest BCUT2D eigenvalue weighted by atomic mass is 35.5. The molecule has 0 saturated carbocycles. The van der Waals surface area contributed by atoms with Crippen LogP contribution >= 0.6 is 46.6 Å². The minimum atomic E-state index is -3.83. The number of benzene rings is 2. The Hall–Kier alpha value is -2.07. The van der Waals surface area contributed by atoms with E-state index in [2.05, 4.69) is 15.0 Å². The molecule has 6 nitrogen and oxygen atoms in total. The Labute approximate surface area is 201 Å². The van der Waals surface area contributed by atoms with Crippen molar-refractivity contribution < 1.29 is 23.1 Å². The van der Waals surface area contributed by atoms with Crippen LogP contribution in [0, 0.1) is 0 Å². The molecule has 0 aromatic heterocycles. The number of nitrogens with one attached hydrogen (secondary N) is 1. The van der Waals surface area contributed by atoms with Crippen LogP contribution in [-0.2, 0) is 9.59 Å². The van der Waals surface area contributed by atoms with Crippen molar-refractivity contribution in [1.82, 2.24) is 4.90 Å². The maximum atomic E-state index is 12.8. The van der Waals surface area contributed by atoms with E-state index in [0.717, 1.165) is 11.8 Å². The number of amides is 2. The number of carbonyl (C=O) groups is 2. The lowest BCUT2D eigenvalue weighted by Gasteiger charge is -2.31. The van der Waals surface area contributed by atoms with Gasteiger partial charge in [-0.1, -0.05) is 35.0 Å². The molecule has 1 aliphatic rings. The Balaban J connectivity index is 1.78. The van der Waals surface area contributed by atoms with E-state index in [9.17, 15) is 18.4 Å². The van der Waals surface area contributed by atoms with Gasteiger partial charge in [0.15, 0.2) is 5.17 Å². The van der Waals surface area contributed by atoms with Crippen LogP contribution in [0.3, 0.4) is 0 Å². The maximum Gasteiger partial charge on any atom is 0.487 e. The highest BCUT2D eigenvalue weighted by Crippen LogP contribution is 2.32. The Kier molecular flexibility index (Phi) is 7.87. The number of halogens is 5. The van der Waals surface area contributed by atoms with Gasteiger partial charge >= 0.3 is 5.57 Å². The fourth-order valence-electron chi connectivity index (χ4n) is 2.83. The second kappa shape index (κ2) is 10.2. The third-order valence-electron chi connectivity index (χ3n) is 4.17. The molecule has 1 N–H and O–H groups in total. The van der Waals surface area contributed by atoms with Crippen molar-refractivity contribution in [3.05, 3.63) is 52.5 Å². The first-order valence-electron chi connectivity index (χ1n) is 9.22. The summed E-state index contributed by atoms with van der Waals surface area (Å²) in [6.07, 6.45) is -0.0186. The lowest BCUT2D eigenvalue weighted by Crippen LogP contribution is -2.45. The van der Waals surface area contributed by atoms with Gasteiger partial charge in [-0.15, -0.1) is 8.78 Å². The first kappa shape index (κ1) is 24.6. The SMILES string of the molecule is CCN1C(=O)C[C@H](C(=O)Nc2cc(Cl)cc(Cl)c2)SC1=Nc1ccc(OC(F)(F)Cl)cc1. The first-order chi connectivity index (χ1) is 15.0. The number of hydrogen-bond donors (Lipinski definition) is 1. The van der Waals surface area contributed by atoms with Crippen molar-refractivity contribution in [2.24, 2.45) is 4.99 Å². The topological polar surface area (TPSA) is 71.0 Å². The van der Waals surface area contributed by atoms with Crippen LogP contribution in [0.4, 0.5) is 20.2 Å². The molecule has 1 aliphatic heterocycles. The van der Waals surface area contributed by atoms with Crippen LogP contribution in [0.2, 0.25) is 10.0 Å². The standard InChI is InChI=1S/C20H16Cl3F2N3O3S/c1-2-28-17(29)10-16(18(30)26-14-8-11(21)7-12(22)9-14)32-19(28)27-13-3-5-15(6-4-13)31-20(23,24)25/h3-9,16H,2,10H2,1H3,(H,26,30)/t16-/m1/s1. The molecule has 0 bridgehead atoms. The van der Waals surface area contributed by atoms with Gasteiger partial charge in [0.2, 0.25) is 11.8 Å². The fraction of sp³-hybridized carbons (Fsp3) is 0.250. The molecule has 1 heterocycles. The van der Waals surface area contributed by atoms with Crippen molar-refractivity contribution in [1.29, 1.82) is 0 Å². The molecule has 32 heavy (non-hydrogen) atoms. The molecule has 1 atom stereocenters. The third-order valence-corrected chi connectivity index (χ3v) is 5.87. The molecule has 12 heteroatoms. The van der Waals surface area contributed by atoms with E-state index < -0.39 is 16.7 Å². The van der Waals surface area contributed by atoms with Gasteiger partial charge in [-0.2, -0.15) is 0 Å². The Bertz CT molecular complexity index is 1030. The predicted octanol–water partition coefficient (Wildman–Crippen LogP) is 6.14. The van der Waals surface area contributed by atoms with E-state index in [1.807, 2.05) is 0 Å². The van der Waals surface area contributed by atoms with Crippen molar-refractivity contribution in [2.75, 3.05) is 11.9 Å². The summed E-state index contributed by atoms with van der Waals surface area (Å²) in [7, 11) is 0. The number of thioether (sulfide) groups is 1. The van der Waals surface area contributed by atoms with Gasteiger partial charge in [0.1, 0.15) is 11.0 Å². The highest BCUT2D eigenvalue weighted by Gasteiger charge is 2.35. The van der Waals surface area contributed by atoms with Gasteiger partial charge < -0.3 is 10.1 Å².